The van der Waals surface area contributed by atoms with E-state index in [2.05, 4.69) is 0 Å². The zero-order valence-electron chi connectivity index (χ0n) is 8.44. The smallest absolute Gasteiger partial charge is 0.212 e. The Balaban J connectivity index is 3.10. The topological polar surface area (TPSA) is 77.8 Å². The third-order valence-corrected chi connectivity index (χ3v) is 2.33. The van der Waals surface area contributed by atoms with Gasteiger partial charge in [0.25, 0.3) is 0 Å². The Labute approximate surface area is 91.0 Å². The van der Waals surface area contributed by atoms with Gasteiger partial charge in [0, 0.05) is 0 Å². The number of nitrogens with zero attached hydrogens (tertiary/aromatic N) is 2. The van der Waals surface area contributed by atoms with Gasteiger partial charge in [-0.1, -0.05) is 6.07 Å². The summed E-state index contributed by atoms with van der Waals surface area (Å²) in [6, 6.07) is 8.46. The summed E-state index contributed by atoms with van der Waals surface area (Å²) >= 11 is 0. The molecule has 4 heteroatoms. The lowest BCUT2D eigenvalue weighted by molar-refractivity contribution is 0.562. The van der Waals surface area contributed by atoms with Crippen LogP contribution in [0.15, 0.2) is 27.4 Å². The van der Waals surface area contributed by atoms with Gasteiger partial charge in [-0.25, -0.2) is 0 Å². The fourth-order valence-corrected chi connectivity index (χ4v) is 1.57. The van der Waals surface area contributed by atoms with Crippen molar-refractivity contribution in [2.45, 2.75) is 6.92 Å². The first kappa shape index (κ1) is 9.95. The molecule has 0 saturated carbocycles. The molecule has 0 aliphatic carbocycles. The minimum absolute atomic E-state index is 0.0461. The van der Waals surface area contributed by atoms with Crippen LogP contribution in [0.1, 0.15) is 16.9 Å². The molecule has 0 unspecified atom stereocenters. The summed E-state index contributed by atoms with van der Waals surface area (Å²) in [5.74, 6) is 0.273. The van der Waals surface area contributed by atoms with Gasteiger partial charge in [-0.15, -0.1) is 0 Å². The molecular weight excluding hydrogens is 204 g/mol. The summed E-state index contributed by atoms with van der Waals surface area (Å²) in [7, 11) is 0. The molecule has 16 heavy (non-hydrogen) atoms. The van der Waals surface area contributed by atoms with E-state index in [0.29, 0.717) is 5.58 Å². The quantitative estimate of drug-likeness (QED) is 0.664. The molecular formula is C12H6N2O2. The second kappa shape index (κ2) is 3.52. The maximum atomic E-state index is 11.9. The lowest BCUT2D eigenvalue weighted by atomic mass is 10.1. The van der Waals surface area contributed by atoms with Crippen molar-refractivity contribution in [2.24, 2.45) is 0 Å². The zero-order chi connectivity index (χ0) is 11.7. The van der Waals surface area contributed by atoms with E-state index in [0.717, 1.165) is 0 Å². The Hall–Kier alpha value is -2.59. The highest BCUT2D eigenvalue weighted by Crippen LogP contribution is 2.17. The highest BCUT2D eigenvalue weighted by Gasteiger charge is 2.13. The average Bonchev–Trinajstić information content (AvgIpc) is 2.28. The number of benzene rings is 1. The standard InChI is InChI=1S/C12H6N2O2/c1-7-9(6-14)12(15)11-8(5-13)3-2-4-10(11)16-7/h2-4H,1H3. The summed E-state index contributed by atoms with van der Waals surface area (Å²) in [5.41, 5.74) is 0.0666. The van der Waals surface area contributed by atoms with E-state index in [1.807, 2.05) is 6.07 Å². The molecule has 2 rings (SSSR count). The second-order valence-corrected chi connectivity index (χ2v) is 3.26. The normalized spacial score (nSPS) is 9.69. The Morgan fingerprint density at radius 3 is 2.62 bits per heavy atom. The Kier molecular flexibility index (Phi) is 2.19. The molecule has 0 amide bonds. The van der Waals surface area contributed by atoms with Crippen LogP contribution < -0.4 is 5.43 Å². The van der Waals surface area contributed by atoms with Crippen molar-refractivity contribution in [1.29, 1.82) is 10.5 Å². The number of fused-ring (bicyclic) bond motifs is 1. The summed E-state index contributed by atoms with van der Waals surface area (Å²) < 4.78 is 5.33. The predicted octanol–water partition coefficient (Wildman–Crippen LogP) is 1.84. The van der Waals surface area contributed by atoms with E-state index in [1.54, 1.807) is 25.1 Å². The van der Waals surface area contributed by atoms with Crippen molar-refractivity contribution < 1.29 is 4.42 Å². The molecule has 2 aromatic rings. The molecule has 0 aliphatic heterocycles. The van der Waals surface area contributed by atoms with Gasteiger partial charge in [0.05, 0.1) is 10.9 Å². The number of rotatable bonds is 0. The van der Waals surface area contributed by atoms with Gasteiger partial charge in [-0.2, -0.15) is 10.5 Å². The van der Waals surface area contributed by atoms with Gasteiger partial charge in [0.2, 0.25) is 5.43 Å². The molecule has 1 aromatic heterocycles. The van der Waals surface area contributed by atoms with E-state index in [1.165, 1.54) is 6.07 Å². The largest absolute Gasteiger partial charge is 0.460 e. The average molecular weight is 210 g/mol. The molecule has 1 heterocycles. The van der Waals surface area contributed by atoms with E-state index >= 15 is 0 Å². The van der Waals surface area contributed by atoms with Crippen LogP contribution in [-0.4, -0.2) is 0 Å². The van der Waals surface area contributed by atoms with Crippen LogP contribution in [0.5, 0.6) is 0 Å². The fraction of sp³-hybridized carbons (Fsp3) is 0.0833. The molecule has 0 fully saturated rings. The maximum absolute atomic E-state index is 11.9. The first-order valence-electron chi connectivity index (χ1n) is 4.55. The predicted molar refractivity (Wildman–Crippen MR) is 56.7 cm³/mol. The van der Waals surface area contributed by atoms with Crippen LogP contribution in [0.4, 0.5) is 0 Å². The first-order chi connectivity index (χ1) is 7.69. The van der Waals surface area contributed by atoms with Gasteiger partial charge < -0.3 is 4.42 Å². The molecule has 0 saturated heterocycles. The minimum Gasteiger partial charge on any atom is -0.460 e. The molecule has 0 radical (unpaired) electrons. The highest BCUT2D eigenvalue weighted by atomic mass is 16.3. The van der Waals surface area contributed by atoms with Gasteiger partial charge >= 0.3 is 0 Å². The van der Waals surface area contributed by atoms with Crippen molar-refractivity contribution in [1.82, 2.24) is 0 Å². The molecule has 1 aromatic carbocycles. The van der Waals surface area contributed by atoms with E-state index in [4.69, 9.17) is 14.9 Å². The van der Waals surface area contributed by atoms with Crippen molar-refractivity contribution >= 4 is 11.0 Å². The molecule has 0 N–H and O–H groups in total. The molecule has 0 spiro atoms. The molecule has 4 nitrogen and oxygen atoms in total. The molecule has 0 bridgehead atoms. The van der Waals surface area contributed by atoms with Crippen LogP contribution in [0.25, 0.3) is 11.0 Å². The first-order valence-corrected chi connectivity index (χ1v) is 4.55. The van der Waals surface area contributed by atoms with Crippen LogP contribution in [0.3, 0.4) is 0 Å². The number of hydrogen-bond acceptors (Lipinski definition) is 4. The lowest BCUT2D eigenvalue weighted by Gasteiger charge is -2.01. The summed E-state index contributed by atoms with van der Waals surface area (Å²) in [4.78, 5) is 11.9. The van der Waals surface area contributed by atoms with Crippen molar-refractivity contribution in [3.05, 3.63) is 45.3 Å². The third-order valence-electron chi connectivity index (χ3n) is 2.33. The number of aryl methyl sites for hydroxylation is 1. The van der Waals surface area contributed by atoms with E-state index in [-0.39, 0.29) is 22.3 Å². The van der Waals surface area contributed by atoms with Gasteiger partial charge in [-0.3, -0.25) is 4.79 Å². The SMILES string of the molecule is Cc1oc2cccc(C#N)c2c(=O)c1C#N. The van der Waals surface area contributed by atoms with Crippen LogP contribution in [-0.2, 0) is 0 Å². The van der Waals surface area contributed by atoms with Crippen molar-refractivity contribution in [2.75, 3.05) is 0 Å². The zero-order valence-corrected chi connectivity index (χ0v) is 8.44. The summed E-state index contributed by atoms with van der Waals surface area (Å²) in [6.45, 7) is 1.55. The van der Waals surface area contributed by atoms with Gasteiger partial charge in [0.1, 0.15) is 29.0 Å². The molecule has 76 valence electrons. The Morgan fingerprint density at radius 1 is 1.25 bits per heavy atom. The summed E-state index contributed by atoms with van der Waals surface area (Å²) in [5, 5.41) is 17.9. The van der Waals surface area contributed by atoms with Crippen LogP contribution in [0, 0.1) is 29.6 Å². The van der Waals surface area contributed by atoms with Crippen molar-refractivity contribution in [3.8, 4) is 12.1 Å². The third kappa shape index (κ3) is 1.25. The van der Waals surface area contributed by atoms with Gasteiger partial charge in [0.15, 0.2) is 0 Å². The second-order valence-electron chi connectivity index (χ2n) is 3.26. The number of nitriles is 2. The lowest BCUT2D eigenvalue weighted by Crippen LogP contribution is -2.09. The van der Waals surface area contributed by atoms with Gasteiger partial charge in [-0.05, 0) is 19.1 Å². The van der Waals surface area contributed by atoms with Crippen LogP contribution in [0.2, 0.25) is 0 Å². The highest BCUT2D eigenvalue weighted by molar-refractivity contribution is 5.84. The molecule has 0 aliphatic rings. The maximum Gasteiger partial charge on any atom is 0.212 e. The van der Waals surface area contributed by atoms with Crippen LogP contribution >= 0.6 is 0 Å². The number of hydrogen-bond donors (Lipinski definition) is 0. The summed E-state index contributed by atoms with van der Waals surface area (Å²) in [6.07, 6.45) is 0. The minimum atomic E-state index is -0.446. The Bertz CT molecular complexity index is 715. The fourth-order valence-electron chi connectivity index (χ4n) is 1.57. The monoisotopic (exact) mass is 210 g/mol. The van der Waals surface area contributed by atoms with E-state index < -0.39 is 5.43 Å². The Morgan fingerprint density at radius 2 is 2.00 bits per heavy atom. The molecule has 0 atom stereocenters. The van der Waals surface area contributed by atoms with Crippen molar-refractivity contribution in [3.63, 3.8) is 0 Å². The van der Waals surface area contributed by atoms with E-state index in [9.17, 15) is 4.79 Å².